The van der Waals surface area contributed by atoms with Gasteiger partial charge in [-0.05, 0) is 80.9 Å². The molecule has 8 heteroatoms. The maximum atomic E-state index is 13.0. The molecule has 0 fully saturated rings. The summed E-state index contributed by atoms with van der Waals surface area (Å²) < 4.78 is 11.5. The van der Waals surface area contributed by atoms with Gasteiger partial charge in [0.15, 0.2) is 0 Å². The van der Waals surface area contributed by atoms with Gasteiger partial charge in [0, 0.05) is 51.7 Å². The molecule has 0 atom stereocenters. The summed E-state index contributed by atoms with van der Waals surface area (Å²) in [7, 11) is 0. The lowest BCUT2D eigenvalue weighted by Crippen LogP contribution is -2.32. The van der Waals surface area contributed by atoms with Crippen LogP contribution in [0.4, 0.5) is 21.9 Å². The SMILES string of the molecule is CC(C)(C)OC(=O)NCc1ccc(C(=O)Nc2cccc(Nc3ccnc(-c4cccc5c4oc4ccccc45)c3)c2)cc1. The fourth-order valence-electron chi connectivity index (χ4n) is 4.91. The van der Waals surface area contributed by atoms with Crippen molar-refractivity contribution in [3.05, 3.63) is 120 Å². The van der Waals surface area contributed by atoms with E-state index in [9.17, 15) is 9.59 Å². The fraction of sp³-hybridized carbons (Fsp3) is 0.139. The number of amides is 2. The number of furan rings is 1. The number of aromatic nitrogens is 1. The molecule has 0 saturated heterocycles. The summed E-state index contributed by atoms with van der Waals surface area (Å²) in [4.78, 5) is 29.5. The van der Waals surface area contributed by atoms with Crippen molar-refractivity contribution >= 4 is 51.0 Å². The molecule has 0 radical (unpaired) electrons. The van der Waals surface area contributed by atoms with Crippen LogP contribution in [0.25, 0.3) is 33.2 Å². The van der Waals surface area contributed by atoms with Gasteiger partial charge >= 0.3 is 6.09 Å². The van der Waals surface area contributed by atoms with Gasteiger partial charge in [0.05, 0.1) is 5.69 Å². The number of hydrogen-bond donors (Lipinski definition) is 3. The highest BCUT2D eigenvalue weighted by molar-refractivity contribution is 6.09. The number of nitrogens with zero attached hydrogens (tertiary/aromatic N) is 1. The van der Waals surface area contributed by atoms with E-state index in [0.29, 0.717) is 17.8 Å². The fourth-order valence-corrected chi connectivity index (χ4v) is 4.91. The van der Waals surface area contributed by atoms with E-state index >= 15 is 0 Å². The monoisotopic (exact) mass is 584 g/mol. The van der Waals surface area contributed by atoms with Crippen molar-refractivity contribution in [3.8, 4) is 11.3 Å². The second-order valence-electron chi connectivity index (χ2n) is 11.4. The highest BCUT2D eigenvalue weighted by Gasteiger charge is 2.16. The van der Waals surface area contributed by atoms with E-state index in [1.807, 2.05) is 87.5 Å². The molecular weight excluding hydrogens is 552 g/mol. The smallest absolute Gasteiger partial charge is 0.407 e. The standard InChI is InChI=1S/C36H32N4O4/c1-36(2,3)44-35(42)38-22-23-14-16-24(17-15-23)34(41)40-26-9-6-8-25(20-26)39-27-18-19-37-31(21-27)30-12-7-11-29-28-10-4-5-13-32(28)43-33(29)30/h4-21H,22H2,1-3H3,(H,37,39)(H,38,42)(H,40,41). The number of fused-ring (bicyclic) bond motifs is 3. The van der Waals surface area contributed by atoms with Crippen LogP contribution in [0.1, 0.15) is 36.7 Å². The number of carbonyl (C=O) groups is 2. The van der Waals surface area contributed by atoms with Crippen molar-refractivity contribution in [2.24, 2.45) is 0 Å². The van der Waals surface area contributed by atoms with Crippen LogP contribution in [0.5, 0.6) is 0 Å². The van der Waals surface area contributed by atoms with Gasteiger partial charge in [-0.25, -0.2) is 4.79 Å². The van der Waals surface area contributed by atoms with Crippen LogP contribution in [0.15, 0.2) is 114 Å². The van der Waals surface area contributed by atoms with E-state index in [1.165, 1.54) is 0 Å². The first-order valence-corrected chi connectivity index (χ1v) is 14.3. The molecule has 44 heavy (non-hydrogen) atoms. The Morgan fingerprint density at radius 3 is 2.34 bits per heavy atom. The predicted octanol–water partition coefficient (Wildman–Crippen LogP) is 8.67. The van der Waals surface area contributed by atoms with Crippen LogP contribution in [-0.2, 0) is 11.3 Å². The van der Waals surface area contributed by atoms with Crippen LogP contribution in [0.2, 0.25) is 0 Å². The molecular formula is C36H32N4O4. The van der Waals surface area contributed by atoms with Gasteiger partial charge in [-0.1, -0.05) is 48.5 Å². The summed E-state index contributed by atoms with van der Waals surface area (Å²) in [5.41, 5.74) is 6.44. The number of pyridine rings is 1. The molecule has 2 aromatic heterocycles. The maximum Gasteiger partial charge on any atom is 0.407 e. The summed E-state index contributed by atoms with van der Waals surface area (Å²) in [6, 6.07) is 32.5. The molecule has 3 N–H and O–H groups in total. The van der Waals surface area contributed by atoms with Crippen molar-refractivity contribution in [1.82, 2.24) is 10.3 Å². The Bertz CT molecular complexity index is 1970. The number of anilines is 3. The van der Waals surface area contributed by atoms with E-state index < -0.39 is 11.7 Å². The maximum absolute atomic E-state index is 13.0. The second kappa shape index (κ2) is 11.9. The lowest BCUT2D eigenvalue weighted by Gasteiger charge is -2.19. The van der Waals surface area contributed by atoms with E-state index in [2.05, 4.69) is 33.1 Å². The molecule has 0 aliphatic heterocycles. The normalized spacial score (nSPS) is 11.3. The minimum absolute atomic E-state index is 0.237. The van der Waals surface area contributed by atoms with Gasteiger partial charge in [0.2, 0.25) is 0 Å². The molecule has 0 aliphatic rings. The van der Waals surface area contributed by atoms with Crippen molar-refractivity contribution in [3.63, 3.8) is 0 Å². The third-order valence-corrected chi connectivity index (χ3v) is 6.90. The van der Waals surface area contributed by atoms with Crippen molar-refractivity contribution in [2.45, 2.75) is 32.9 Å². The first-order valence-electron chi connectivity index (χ1n) is 14.3. The Morgan fingerprint density at radius 2 is 1.52 bits per heavy atom. The minimum Gasteiger partial charge on any atom is -0.455 e. The summed E-state index contributed by atoms with van der Waals surface area (Å²) in [6.07, 6.45) is 1.27. The average molecular weight is 585 g/mol. The van der Waals surface area contributed by atoms with Gasteiger partial charge in [-0.3, -0.25) is 9.78 Å². The molecule has 2 amide bonds. The second-order valence-corrected chi connectivity index (χ2v) is 11.4. The largest absolute Gasteiger partial charge is 0.455 e. The Morgan fingerprint density at radius 1 is 0.795 bits per heavy atom. The molecule has 0 unspecified atom stereocenters. The van der Waals surface area contributed by atoms with Crippen LogP contribution >= 0.6 is 0 Å². The van der Waals surface area contributed by atoms with Gasteiger partial charge < -0.3 is 25.1 Å². The molecule has 4 aromatic carbocycles. The number of rotatable bonds is 7. The molecule has 0 spiro atoms. The summed E-state index contributed by atoms with van der Waals surface area (Å²) in [5.74, 6) is -0.237. The zero-order valence-corrected chi connectivity index (χ0v) is 24.7. The topological polar surface area (TPSA) is 105 Å². The summed E-state index contributed by atoms with van der Waals surface area (Å²) in [5, 5.41) is 11.2. The molecule has 8 nitrogen and oxygen atoms in total. The van der Waals surface area contributed by atoms with E-state index in [1.54, 1.807) is 30.5 Å². The summed E-state index contributed by atoms with van der Waals surface area (Å²) in [6.45, 7) is 5.74. The number of benzene rings is 4. The zero-order chi connectivity index (χ0) is 30.7. The van der Waals surface area contributed by atoms with E-state index in [-0.39, 0.29) is 5.91 Å². The van der Waals surface area contributed by atoms with Crippen molar-refractivity contribution in [1.29, 1.82) is 0 Å². The molecule has 2 heterocycles. The molecule has 6 aromatic rings. The Hall–Kier alpha value is -5.63. The van der Waals surface area contributed by atoms with Crippen molar-refractivity contribution in [2.75, 3.05) is 10.6 Å². The Balaban J connectivity index is 1.12. The van der Waals surface area contributed by atoms with Crippen LogP contribution in [-0.4, -0.2) is 22.6 Å². The quantitative estimate of drug-likeness (QED) is 0.173. The van der Waals surface area contributed by atoms with Gasteiger partial charge in [-0.2, -0.15) is 0 Å². The number of ether oxygens (including phenoxy) is 1. The van der Waals surface area contributed by atoms with Crippen LogP contribution in [0.3, 0.4) is 0 Å². The average Bonchev–Trinajstić information content (AvgIpc) is 3.39. The zero-order valence-electron chi connectivity index (χ0n) is 24.7. The van der Waals surface area contributed by atoms with Gasteiger partial charge in [0.1, 0.15) is 16.8 Å². The molecule has 0 bridgehead atoms. The Kier molecular flexibility index (Phi) is 7.72. The van der Waals surface area contributed by atoms with E-state index in [4.69, 9.17) is 9.15 Å². The molecule has 0 saturated carbocycles. The highest BCUT2D eigenvalue weighted by atomic mass is 16.6. The van der Waals surface area contributed by atoms with Crippen LogP contribution < -0.4 is 16.0 Å². The lowest BCUT2D eigenvalue weighted by atomic mass is 10.1. The molecule has 0 aliphatic carbocycles. The first-order chi connectivity index (χ1) is 21.2. The third kappa shape index (κ3) is 6.55. The molecule has 220 valence electrons. The highest BCUT2D eigenvalue weighted by Crippen LogP contribution is 2.35. The molecule has 6 rings (SSSR count). The van der Waals surface area contributed by atoms with Gasteiger partial charge in [-0.15, -0.1) is 0 Å². The summed E-state index contributed by atoms with van der Waals surface area (Å²) >= 11 is 0. The minimum atomic E-state index is -0.564. The number of hydrogen-bond acceptors (Lipinski definition) is 6. The number of alkyl carbamates (subject to hydrolysis) is 1. The number of carbonyl (C=O) groups excluding carboxylic acids is 2. The lowest BCUT2D eigenvalue weighted by molar-refractivity contribution is 0.0523. The predicted molar refractivity (Wildman–Crippen MR) is 174 cm³/mol. The van der Waals surface area contributed by atoms with Gasteiger partial charge in [0.25, 0.3) is 5.91 Å². The third-order valence-electron chi connectivity index (χ3n) is 6.90. The van der Waals surface area contributed by atoms with Crippen molar-refractivity contribution < 1.29 is 18.7 Å². The Labute approximate surface area is 255 Å². The van der Waals surface area contributed by atoms with E-state index in [0.717, 1.165) is 50.1 Å². The number of nitrogens with one attached hydrogen (secondary N) is 3. The number of para-hydroxylation sites is 2. The van der Waals surface area contributed by atoms with Crippen LogP contribution in [0, 0.1) is 0 Å². The first kappa shape index (κ1) is 28.5.